The van der Waals surface area contributed by atoms with Crippen molar-refractivity contribution < 1.29 is 19.1 Å². The van der Waals surface area contributed by atoms with E-state index in [9.17, 15) is 9.59 Å². The maximum absolute atomic E-state index is 12.1. The zero-order valence-electron chi connectivity index (χ0n) is 19.0. The molecule has 0 aliphatic rings. The van der Waals surface area contributed by atoms with Crippen LogP contribution in [0.25, 0.3) is 0 Å². The van der Waals surface area contributed by atoms with E-state index in [-0.39, 0.29) is 11.8 Å². The maximum atomic E-state index is 12.1. The fraction of sp³-hybridized carbons (Fsp3) is 0.407. The number of benzene rings is 2. The zero-order valence-corrected chi connectivity index (χ0v) is 19.0. The van der Waals surface area contributed by atoms with E-state index in [0.29, 0.717) is 11.3 Å². The predicted molar refractivity (Wildman–Crippen MR) is 127 cm³/mol. The first-order valence-electron chi connectivity index (χ1n) is 11.2. The van der Waals surface area contributed by atoms with Gasteiger partial charge in [0.15, 0.2) is 5.78 Å². The molecule has 0 N–H and O–H groups in total. The van der Waals surface area contributed by atoms with Crippen molar-refractivity contribution in [2.75, 3.05) is 6.61 Å². The summed E-state index contributed by atoms with van der Waals surface area (Å²) in [4.78, 5) is 21.8. The number of ketones is 1. The highest BCUT2D eigenvalue weighted by Gasteiger charge is 2.08. The minimum absolute atomic E-state index is 0.0185. The molecule has 0 radical (unpaired) electrons. The lowest BCUT2D eigenvalue weighted by molar-refractivity contribution is -0.112. The summed E-state index contributed by atoms with van der Waals surface area (Å²) in [5, 5.41) is 0. The van der Waals surface area contributed by atoms with Crippen molar-refractivity contribution in [3.63, 3.8) is 0 Å². The fourth-order valence-electron chi connectivity index (χ4n) is 2.77. The topological polar surface area (TPSA) is 52.6 Å². The number of allylic oxidation sites excluding steroid dienone is 1. The molecule has 4 nitrogen and oxygen atoms in total. The summed E-state index contributed by atoms with van der Waals surface area (Å²) in [5.41, 5.74) is 0.522. The summed E-state index contributed by atoms with van der Waals surface area (Å²) in [6, 6.07) is 16.2. The smallest absolute Gasteiger partial charge is 0.343 e. The Morgan fingerprint density at radius 1 is 0.806 bits per heavy atom. The molecule has 0 fully saturated rings. The lowest BCUT2D eigenvalue weighted by Crippen LogP contribution is -2.08. The highest BCUT2D eigenvalue weighted by atomic mass is 16.5. The molecule has 0 spiro atoms. The quantitative estimate of drug-likeness (QED) is 0.148. The lowest BCUT2D eigenvalue weighted by atomic mass is 10.1. The summed E-state index contributed by atoms with van der Waals surface area (Å²) >= 11 is 0. The molecule has 0 aliphatic heterocycles. The number of unbranched alkanes of at least 4 members (excludes halogenated alkanes) is 7. The van der Waals surface area contributed by atoms with Gasteiger partial charge in [-0.2, -0.15) is 0 Å². The first-order chi connectivity index (χ1) is 15.1. The van der Waals surface area contributed by atoms with Gasteiger partial charge in [0.2, 0.25) is 0 Å². The highest BCUT2D eigenvalue weighted by molar-refractivity contribution is 5.91. The van der Waals surface area contributed by atoms with E-state index in [1.54, 1.807) is 24.3 Å². The Hall–Kier alpha value is -2.88. The SMILES string of the molecule is C=CC(C)=O.CCCCCCCCCCOc1ccc(C(=O)Oc2ccccc2)cc1. The molecule has 0 aromatic heterocycles. The Balaban J connectivity index is 0.000000861. The van der Waals surface area contributed by atoms with Crippen LogP contribution in [0.1, 0.15) is 75.6 Å². The van der Waals surface area contributed by atoms with Crippen LogP contribution in [0.2, 0.25) is 0 Å². The van der Waals surface area contributed by atoms with E-state index in [1.807, 2.05) is 30.3 Å². The maximum Gasteiger partial charge on any atom is 0.343 e. The number of carbonyl (C=O) groups excluding carboxylic acids is 2. The molecule has 31 heavy (non-hydrogen) atoms. The zero-order chi connectivity index (χ0) is 22.7. The van der Waals surface area contributed by atoms with Gasteiger partial charge in [0.05, 0.1) is 12.2 Å². The predicted octanol–water partition coefficient (Wildman–Crippen LogP) is 7.19. The van der Waals surface area contributed by atoms with Gasteiger partial charge in [0.1, 0.15) is 11.5 Å². The van der Waals surface area contributed by atoms with Crippen LogP contribution in [0.3, 0.4) is 0 Å². The van der Waals surface area contributed by atoms with Gasteiger partial charge < -0.3 is 9.47 Å². The van der Waals surface area contributed by atoms with Crippen LogP contribution in [0.5, 0.6) is 11.5 Å². The number of esters is 1. The Bertz CT molecular complexity index is 751. The van der Waals surface area contributed by atoms with Crippen molar-refractivity contribution in [3.05, 3.63) is 72.8 Å². The molecule has 2 aromatic rings. The Morgan fingerprint density at radius 2 is 1.35 bits per heavy atom. The fourth-order valence-corrected chi connectivity index (χ4v) is 2.77. The van der Waals surface area contributed by atoms with Gasteiger partial charge >= 0.3 is 5.97 Å². The summed E-state index contributed by atoms with van der Waals surface area (Å²) < 4.78 is 11.1. The van der Waals surface area contributed by atoms with Gasteiger partial charge in [-0.1, -0.05) is 76.6 Å². The standard InChI is InChI=1S/C23H30O3.C4H6O/c1-2-3-4-5-6-7-8-12-19-25-21-17-15-20(16-18-21)23(24)26-22-13-10-9-11-14-22;1-3-4(2)5/h9-11,13-18H,2-8,12,19H2,1H3;3H,1H2,2H3. The van der Waals surface area contributed by atoms with Crippen molar-refractivity contribution >= 4 is 11.8 Å². The van der Waals surface area contributed by atoms with Gasteiger partial charge in [-0.15, -0.1) is 0 Å². The molecular formula is C27H36O4. The Kier molecular flexibility index (Phi) is 14.2. The molecule has 2 rings (SSSR count). The number of para-hydroxylation sites is 1. The largest absolute Gasteiger partial charge is 0.494 e. The van der Waals surface area contributed by atoms with Gasteiger partial charge in [0.25, 0.3) is 0 Å². The van der Waals surface area contributed by atoms with Gasteiger partial charge in [-0.25, -0.2) is 4.79 Å². The molecule has 0 unspecified atom stereocenters. The van der Waals surface area contributed by atoms with Gasteiger partial charge in [0, 0.05) is 0 Å². The molecule has 168 valence electrons. The molecule has 0 heterocycles. The molecule has 0 atom stereocenters. The minimum Gasteiger partial charge on any atom is -0.494 e. The average Bonchev–Trinajstić information content (AvgIpc) is 2.79. The second kappa shape index (κ2) is 16.9. The normalized spacial score (nSPS) is 9.87. The first-order valence-corrected chi connectivity index (χ1v) is 11.2. The van der Waals surface area contributed by atoms with Crippen molar-refractivity contribution in [3.8, 4) is 11.5 Å². The second-order valence-electron chi connectivity index (χ2n) is 7.37. The Morgan fingerprint density at radius 3 is 1.90 bits per heavy atom. The third-order valence-electron chi connectivity index (χ3n) is 4.60. The molecule has 0 saturated heterocycles. The van der Waals surface area contributed by atoms with Crippen molar-refractivity contribution in [1.29, 1.82) is 0 Å². The Labute approximate surface area is 187 Å². The highest BCUT2D eigenvalue weighted by Crippen LogP contribution is 2.16. The summed E-state index contributed by atoms with van der Waals surface area (Å²) in [5.74, 6) is 1.01. The van der Waals surface area contributed by atoms with Crippen LogP contribution in [0.4, 0.5) is 0 Å². The van der Waals surface area contributed by atoms with Crippen LogP contribution < -0.4 is 9.47 Å². The van der Waals surface area contributed by atoms with E-state index in [0.717, 1.165) is 18.8 Å². The van der Waals surface area contributed by atoms with E-state index in [2.05, 4.69) is 13.5 Å². The molecule has 0 bridgehead atoms. The molecule has 4 heteroatoms. The minimum atomic E-state index is -0.356. The van der Waals surface area contributed by atoms with Crippen LogP contribution in [-0.2, 0) is 4.79 Å². The lowest BCUT2D eigenvalue weighted by Gasteiger charge is -2.08. The van der Waals surface area contributed by atoms with Crippen molar-refractivity contribution in [1.82, 2.24) is 0 Å². The second-order valence-corrected chi connectivity index (χ2v) is 7.37. The molecule has 0 amide bonds. The van der Waals surface area contributed by atoms with E-state index < -0.39 is 0 Å². The van der Waals surface area contributed by atoms with Crippen molar-refractivity contribution in [2.24, 2.45) is 0 Å². The third kappa shape index (κ3) is 13.1. The van der Waals surface area contributed by atoms with Crippen LogP contribution >= 0.6 is 0 Å². The number of hydrogen-bond acceptors (Lipinski definition) is 4. The third-order valence-corrected chi connectivity index (χ3v) is 4.60. The first kappa shape index (κ1) is 26.2. The number of carbonyl (C=O) groups is 2. The molecular weight excluding hydrogens is 388 g/mol. The van der Waals surface area contributed by atoms with Crippen molar-refractivity contribution in [2.45, 2.75) is 65.2 Å². The number of rotatable bonds is 13. The van der Waals surface area contributed by atoms with Crippen LogP contribution in [0.15, 0.2) is 67.3 Å². The van der Waals surface area contributed by atoms with E-state index in [4.69, 9.17) is 9.47 Å². The molecule has 2 aromatic carbocycles. The summed E-state index contributed by atoms with van der Waals surface area (Å²) in [6.07, 6.45) is 11.6. The monoisotopic (exact) mass is 424 g/mol. The average molecular weight is 425 g/mol. The van der Waals surface area contributed by atoms with E-state index >= 15 is 0 Å². The molecule has 0 aliphatic carbocycles. The van der Waals surface area contributed by atoms with Crippen LogP contribution in [-0.4, -0.2) is 18.4 Å². The summed E-state index contributed by atoms with van der Waals surface area (Å²) in [7, 11) is 0. The number of ether oxygens (including phenoxy) is 2. The van der Waals surface area contributed by atoms with Crippen LogP contribution in [0, 0.1) is 0 Å². The van der Waals surface area contributed by atoms with E-state index in [1.165, 1.54) is 57.9 Å². The number of hydrogen-bond donors (Lipinski definition) is 0. The van der Waals surface area contributed by atoms with Gasteiger partial charge in [-0.05, 0) is 55.8 Å². The molecule has 0 saturated carbocycles. The van der Waals surface area contributed by atoms with Gasteiger partial charge in [-0.3, -0.25) is 4.79 Å². The summed E-state index contributed by atoms with van der Waals surface area (Å²) in [6.45, 7) is 7.65.